The highest BCUT2D eigenvalue weighted by molar-refractivity contribution is 5.64. The average Bonchev–Trinajstić information content (AvgIpc) is 2.61. The lowest BCUT2D eigenvalue weighted by Gasteiger charge is -2.34. The molecule has 0 atom stereocenters. The molecule has 0 unspecified atom stereocenters. The largest absolute Gasteiger partial charge is 0.492 e. The molecule has 26 heavy (non-hydrogen) atoms. The minimum atomic E-state index is 0.515. The Morgan fingerprint density at radius 2 is 1.88 bits per heavy atom. The van der Waals surface area contributed by atoms with Crippen molar-refractivity contribution in [1.82, 2.24) is 4.98 Å². The number of pyridine rings is 1. The standard InChI is InChI=1S/C24H33NO/c1-17(2)20-7-6-8-21(14-20)23-18(3)13-22(15-25-23)26-16-19-9-11-24(4,5)12-10-19/h6-8,13-15,17,19H,9-12,16H2,1-5H3. The van der Waals surface area contributed by atoms with Gasteiger partial charge in [-0.2, -0.15) is 0 Å². The molecule has 0 amide bonds. The van der Waals surface area contributed by atoms with E-state index in [-0.39, 0.29) is 0 Å². The van der Waals surface area contributed by atoms with Crippen LogP contribution in [0.1, 0.15) is 70.4 Å². The summed E-state index contributed by atoms with van der Waals surface area (Å²) >= 11 is 0. The number of aryl methyl sites for hydroxylation is 1. The first-order chi connectivity index (χ1) is 12.3. The van der Waals surface area contributed by atoms with Crippen LogP contribution in [-0.4, -0.2) is 11.6 Å². The van der Waals surface area contributed by atoms with E-state index < -0.39 is 0 Å². The first-order valence-electron chi connectivity index (χ1n) is 10.0. The Morgan fingerprint density at radius 3 is 2.54 bits per heavy atom. The predicted molar refractivity (Wildman–Crippen MR) is 110 cm³/mol. The summed E-state index contributed by atoms with van der Waals surface area (Å²) in [6.45, 7) is 12.2. The van der Waals surface area contributed by atoms with Crippen molar-refractivity contribution in [2.45, 2.75) is 66.2 Å². The zero-order valence-corrected chi connectivity index (χ0v) is 17.0. The van der Waals surface area contributed by atoms with Crippen molar-refractivity contribution < 1.29 is 4.74 Å². The third kappa shape index (κ3) is 4.66. The van der Waals surface area contributed by atoms with E-state index in [0.29, 0.717) is 17.3 Å². The summed E-state index contributed by atoms with van der Waals surface area (Å²) < 4.78 is 6.08. The molecular weight excluding hydrogens is 318 g/mol. The first-order valence-corrected chi connectivity index (χ1v) is 10.0. The van der Waals surface area contributed by atoms with E-state index in [9.17, 15) is 0 Å². The van der Waals surface area contributed by atoms with E-state index in [1.165, 1.54) is 42.4 Å². The molecule has 140 valence electrons. The van der Waals surface area contributed by atoms with E-state index in [0.717, 1.165) is 18.1 Å². The third-order valence-electron chi connectivity index (χ3n) is 5.82. The van der Waals surface area contributed by atoms with Gasteiger partial charge in [0.15, 0.2) is 0 Å². The molecule has 1 aromatic carbocycles. The quantitative estimate of drug-likeness (QED) is 0.592. The van der Waals surface area contributed by atoms with Gasteiger partial charge in [-0.05, 0) is 73.1 Å². The second kappa shape index (κ2) is 7.82. The van der Waals surface area contributed by atoms with Gasteiger partial charge in [0.25, 0.3) is 0 Å². The highest BCUT2D eigenvalue weighted by Gasteiger charge is 2.27. The minimum Gasteiger partial charge on any atom is -0.492 e. The predicted octanol–water partition coefficient (Wildman–Crippen LogP) is 6.78. The number of benzene rings is 1. The Bertz CT molecular complexity index is 738. The van der Waals surface area contributed by atoms with Crippen molar-refractivity contribution >= 4 is 0 Å². The topological polar surface area (TPSA) is 22.1 Å². The van der Waals surface area contributed by atoms with Crippen molar-refractivity contribution in [2.75, 3.05) is 6.61 Å². The molecule has 1 fully saturated rings. The van der Waals surface area contributed by atoms with Crippen LogP contribution in [0.3, 0.4) is 0 Å². The summed E-state index contributed by atoms with van der Waals surface area (Å²) in [5.74, 6) is 2.11. The van der Waals surface area contributed by atoms with Gasteiger partial charge in [-0.15, -0.1) is 0 Å². The van der Waals surface area contributed by atoms with Crippen LogP contribution >= 0.6 is 0 Å². The summed E-state index contributed by atoms with van der Waals surface area (Å²) in [7, 11) is 0. The molecule has 3 rings (SSSR count). The first kappa shape index (κ1) is 18.9. The Balaban J connectivity index is 1.65. The van der Waals surface area contributed by atoms with Crippen LogP contribution < -0.4 is 4.74 Å². The Labute approximate surface area is 159 Å². The van der Waals surface area contributed by atoms with Crippen LogP contribution in [0, 0.1) is 18.3 Å². The molecule has 2 nitrogen and oxygen atoms in total. The van der Waals surface area contributed by atoms with Gasteiger partial charge in [-0.3, -0.25) is 4.98 Å². The molecule has 0 spiro atoms. The maximum Gasteiger partial charge on any atom is 0.137 e. The van der Waals surface area contributed by atoms with Crippen LogP contribution in [0.25, 0.3) is 11.3 Å². The molecule has 0 bridgehead atoms. The highest BCUT2D eigenvalue weighted by atomic mass is 16.5. The molecule has 0 radical (unpaired) electrons. The lowest BCUT2D eigenvalue weighted by molar-refractivity contribution is 0.142. The minimum absolute atomic E-state index is 0.515. The van der Waals surface area contributed by atoms with E-state index in [2.05, 4.69) is 65.0 Å². The summed E-state index contributed by atoms with van der Waals surface area (Å²) in [6, 6.07) is 10.8. The molecule has 1 saturated carbocycles. The van der Waals surface area contributed by atoms with E-state index in [1.54, 1.807) is 0 Å². The molecule has 1 aliphatic rings. The molecule has 0 N–H and O–H groups in total. The molecule has 0 aliphatic heterocycles. The van der Waals surface area contributed by atoms with E-state index in [4.69, 9.17) is 9.72 Å². The Morgan fingerprint density at radius 1 is 1.15 bits per heavy atom. The van der Waals surface area contributed by atoms with Gasteiger partial charge in [0.05, 0.1) is 18.5 Å². The highest BCUT2D eigenvalue weighted by Crippen LogP contribution is 2.38. The van der Waals surface area contributed by atoms with Crippen LogP contribution in [0.4, 0.5) is 0 Å². The van der Waals surface area contributed by atoms with Crippen LogP contribution in [0.2, 0.25) is 0 Å². The van der Waals surface area contributed by atoms with Gasteiger partial charge in [0.1, 0.15) is 5.75 Å². The van der Waals surface area contributed by atoms with Crippen molar-refractivity contribution in [3.8, 4) is 17.0 Å². The fourth-order valence-corrected chi connectivity index (χ4v) is 3.82. The number of aromatic nitrogens is 1. The maximum absolute atomic E-state index is 6.08. The van der Waals surface area contributed by atoms with Crippen LogP contribution in [0.15, 0.2) is 36.5 Å². The molecule has 0 saturated heterocycles. The maximum atomic E-state index is 6.08. The molecule has 2 heteroatoms. The fourth-order valence-electron chi connectivity index (χ4n) is 3.82. The van der Waals surface area contributed by atoms with Crippen molar-refractivity contribution in [1.29, 1.82) is 0 Å². The summed E-state index contributed by atoms with van der Waals surface area (Å²) in [6.07, 6.45) is 7.06. The van der Waals surface area contributed by atoms with Gasteiger partial charge < -0.3 is 4.74 Å². The molecular formula is C24H33NO. The zero-order valence-electron chi connectivity index (χ0n) is 17.0. The SMILES string of the molecule is Cc1cc(OCC2CCC(C)(C)CC2)cnc1-c1cccc(C(C)C)c1. The van der Waals surface area contributed by atoms with Gasteiger partial charge in [0.2, 0.25) is 0 Å². The van der Waals surface area contributed by atoms with Crippen molar-refractivity contribution in [3.63, 3.8) is 0 Å². The van der Waals surface area contributed by atoms with E-state index >= 15 is 0 Å². The van der Waals surface area contributed by atoms with Gasteiger partial charge in [0, 0.05) is 5.56 Å². The molecule has 2 aromatic rings. The van der Waals surface area contributed by atoms with Gasteiger partial charge >= 0.3 is 0 Å². The number of nitrogens with zero attached hydrogens (tertiary/aromatic N) is 1. The number of hydrogen-bond donors (Lipinski definition) is 0. The van der Waals surface area contributed by atoms with Gasteiger partial charge in [-0.1, -0.05) is 45.9 Å². The Hall–Kier alpha value is -1.83. The van der Waals surface area contributed by atoms with Crippen molar-refractivity contribution in [3.05, 3.63) is 47.7 Å². The lowest BCUT2D eigenvalue weighted by Crippen LogP contribution is -2.24. The number of rotatable bonds is 5. The lowest BCUT2D eigenvalue weighted by atomic mass is 9.73. The monoisotopic (exact) mass is 351 g/mol. The van der Waals surface area contributed by atoms with E-state index in [1.807, 2.05) is 6.20 Å². The molecule has 1 aliphatic carbocycles. The summed E-state index contributed by atoms with van der Waals surface area (Å²) in [4.78, 5) is 4.71. The second-order valence-electron chi connectivity index (χ2n) is 9.04. The second-order valence-corrected chi connectivity index (χ2v) is 9.04. The summed E-state index contributed by atoms with van der Waals surface area (Å²) in [5, 5.41) is 0. The number of hydrogen-bond acceptors (Lipinski definition) is 2. The zero-order chi connectivity index (χ0) is 18.7. The van der Waals surface area contributed by atoms with Crippen LogP contribution in [-0.2, 0) is 0 Å². The smallest absolute Gasteiger partial charge is 0.137 e. The summed E-state index contributed by atoms with van der Waals surface area (Å²) in [5.41, 5.74) is 5.28. The van der Waals surface area contributed by atoms with Crippen LogP contribution in [0.5, 0.6) is 5.75 Å². The number of ether oxygens (including phenoxy) is 1. The molecule has 1 heterocycles. The fraction of sp³-hybridized carbons (Fsp3) is 0.542. The third-order valence-corrected chi connectivity index (χ3v) is 5.82. The molecule has 1 aromatic heterocycles. The van der Waals surface area contributed by atoms with Gasteiger partial charge in [-0.25, -0.2) is 0 Å². The Kier molecular flexibility index (Phi) is 5.70. The normalized spacial score (nSPS) is 17.5. The average molecular weight is 352 g/mol. The van der Waals surface area contributed by atoms with Crippen molar-refractivity contribution in [2.24, 2.45) is 11.3 Å².